The molecule has 0 saturated carbocycles. The van der Waals surface area contributed by atoms with Crippen molar-refractivity contribution in [2.45, 2.75) is 52.4 Å². The first-order valence-corrected chi connectivity index (χ1v) is 6.66. The maximum absolute atomic E-state index is 10.5. The summed E-state index contributed by atoms with van der Waals surface area (Å²) in [6.07, 6.45) is 5.32. The minimum absolute atomic E-state index is 0.345. The number of aldehydes is 1. The number of aryl methyl sites for hydroxylation is 1. The zero-order valence-electron chi connectivity index (χ0n) is 11.3. The molecule has 0 fully saturated rings. The van der Waals surface area contributed by atoms with Gasteiger partial charge in [-0.15, -0.1) is 0 Å². The Balaban J connectivity index is 2.56. The normalized spacial score (nSPS) is 12.7. The molecule has 94 valence electrons. The van der Waals surface area contributed by atoms with E-state index in [0.29, 0.717) is 12.3 Å². The van der Waals surface area contributed by atoms with E-state index in [-0.39, 0.29) is 0 Å². The third-order valence-corrected chi connectivity index (χ3v) is 3.22. The third kappa shape index (κ3) is 5.16. The minimum Gasteiger partial charge on any atom is -0.303 e. The van der Waals surface area contributed by atoms with Crippen LogP contribution in [0, 0.1) is 5.92 Å². The summed E-state index contributed by atoms with van der Waals surface area (Å²) in [5.41, 5.74) is 2.69. The van der Waals surface area contributed by atoms with Gasteiger partial charge in [0.05, 0.1) is 0 Å². The van der Waals surface area contributed by atoms with Crippen molar-refractivity contribution in [3.63, 3.8) is 0 Å². The molecule has 1 nitrogen and oxygen atoms in total. The predicted octanol–water partition coefficient (Wildman–Crippen LogP) is 4.36. The van der Waals surface area contributed by atoms with E-state index < -0.39 is 0 Å². The van der Waals surface area contributed by atoms with E-state index in [9.17, 15) is 4.79 Å². The van der Waals surface area contributed by atoms with Crippen molar-refractivity contribution in [2.24, 2.45) is 5.92 Å². The molecule has 1 rings (SSSR count). The van der Waals surface area contributed by atoms with E-state index in [1.54, 1.807) is 0 Å². The largest absolute Gasteiger partial charge is 0.303 e. The molecule has 0 N–H and O–H groups in total. The maximum Gasteiger partial charge on any atom is 0.120 e. The van der Waals surface area contributed by atoms with Gasteiger partial charge in [0.15, 0.2) is 0 Å². The number of hydrogen-bond donors (Lipinski definition) is 0. The Morgan fingerprint density at radius 2 is 2.00 bits per heavy atom. The SMILES string of the molecule is CC(C)CCCc1cccc([C@@H](C)CC=O)c1. The van der Waals surface area contributed by atoms with Gasteiger partial charge < -0.3 is 4.79 Å². The third-order valence-electron chi connectivity index (χ3n) is 3.22. The van der Waals surface area contributed by atoms with E-state index in [4.69, 9.17) is 0 Å². The minimum atomic E-state index is 0.345. The van der Waals surface area contributed by atoms with Gasteiger partial charge in [-0.05, 0) is 35.8 Å². The van der Waals surface area contributed by atoms with Crippen LogP contribution in [-0.2, 0) is 11.2 Å². The van der Waals surface area contributed by atoms with Crippen molar-refractivity contribution in [3.05, 3.63) is 35.4 Å². The van der Waals surface area contributed by atoms with E-state index in [2.05, 4.69) is 45.0 Å². The van der Waals surface area contributed by atoms with Crippen LogP contribution in [0.3, 0.4) is 0 Å². The molecule has 1 heteroatoms. The molecule has 1 aromatic rings. The van der Waals surface area contributed by atoms with Crippen LogP contribution >= 0.6 is 0 Å². The lowest BCUT2D eigenvalue weighted by molar-refractivity contribution is -0.108. The maximum atomic E-state index is 10.5. The number of benzene rings is 1. The fourth-order valence-corrected chi connectivity index (χ4v) is 2.05. The van der Waals surface area contributed by atoms with Gasteiger partial charge in [-0.25, -0.2) is 0 Å². The van der Waals surface area contributed by atoms with Crippen LogP contribution < -0.4 is 0 Å². The van der Waals surface area contributed by atoms with E-state index >= 15 is 0 Å². The van der Waals surface area contributed by atoms with Gasteiger partial charge in [-0.3, -0.25) is 0 Å². The Hall–Kier alpha value is -1.11. The molecule has 0 aliphatic rings. The number of hydrogen-bond acceptors (Lipinski definition) is 1. The zero-order valence-corrected chi connectivity index (χ0v) is 11.3. The Morgan fingerprint density at radius 1 is 1.24 bits per heavy atom. The summed E-state index contributed by atoms with van der Waals surface area (Å²) >= 11 is 0. The van der Waals surface area contributed by atoms with Crippen molar-refractivity contribution in [1.29, 1.82) is 0 Å². The van der Waals surface area contributed by atoms with Gasteiger partial charge in [0.25, 0.3) is 0 Å². The summed E-state index contributed by atoms with van der Waals surface area (Å²) in [5, 5.41) is 0. The highest BCUT2D eigenvalue weighted by Gasteiger charge is 2.05. The lowest BCUT2D eigenvalue weighted by Gasteiger charge is -2.10. The second kappa shape index (κ2) is 7.26. The summed E-state index contributed by atoms with van der Waals surface area (Å²) in [7, 11) is 0. The molecule has 0 aromatic heterocycles. The van der Waals surface area contributed by atoms with Crippen molar-refractivity contribution in [2.75, 3.05) is 0 Å². The first-order valence-electron chi connectivity index (χ1n) is 6.66. The molecular weight excluding hydrogens is 208 g/mol. The number of rotatable bonds is 7. The summed E-state index contributed by atoms with van der Waals surface area (Å²) in [6, 6.07) is 8.69. The molecule has 1 atom stereocenters. The topological polar surface area (TPSA) is 17.1 Å². The Labute approximate surface area is 105 Å². The van der Waals surface area contributed by atoms with Gasteiger partial charge in [0, 0.05) is 6.42 Å². The van der Waals surface area contributed by atoms with Crippen LogP contribution in [0.25, 0.3) is 0 Å². The fraction of sp³-hybridized carbons (Fsp3) is 0.562. The highest BCUT2D eigenvalue weighted by atomic mass is 16.1. The quantitative estimate of drug-likeness (QED) is 0.638. The van der Waals surface area contributed by atoms with Gasteiger partial charge in [-0.1, -0.05) is 51.5 Å². The van der Waals surface area contributed by atoms with E-state index in [1.807, 2.05) is 0 Å². The Bertz CT molecular complexity index is 341. The summed E-state index contributed by atoms with van der Waals surface area (Å²) in [6.45, 7) is 6.65. The van der Waals surface area contributed by atoms with E-state index in [0.717, 1.165) is 18.6 Å². The molecule has 17 heavy (non-hydrogen) atoms. The fourth-order valence-electron chi connectivity index (χ4n) is 2.05. The van der Waals surface area contributed by atoms with Gasteiger partial charge in [0.2, 0.25) is 0 Å². The summed E-state index contributed by atoms with van der Waals surface area (Å²) < 4.78 is 0. The van der Waals surface area contributed by atoms with Gasteiger partial charge in [-0.2, -0.15) is 0 Å². The lowest BCUT2D eigenvalue weighted by Crippen LogP contribution is -1.96. The number of carbonyl (C=O) groups is 1. The average Bonchev–Trinajstić information content (AvgIpc) is 2.29. The molecule has 0 radical (unpaired) electrons. The van der Waals surface area contributed by atoms with Crippen molar-refractivity contribution in [3.8, 4) is 0 Å². The molecule has 1 aromatic carbocycles. The predicted molar refractivity (Wildman–Crippen MR) is 73.3 cm³/mol. The molecule has 0 heterocycles. The monoisotopic (exact) mass is 232 g/mol. The van der Waals surface area contributed by atoms with Crippen LogP contribution in [-0.4, -0.2) is 6.29 Å². The first-order chi connectivity index (χ1) is 8.13. The highest BCUT2D eigenvalue weighted by molar-refractivity contribution is 5.51. The Morgan fingerprint density at radius 3 is 2.65 bits per heavy atom. The number of carbonyl (C=O) groups excluding carboxylic acids is 1. The van der Waals surface area contributed by atoms with Crippen molar-refractivity contribution < 1.29 is 4.79 Å². The van der Waals surface area contributed by atoms with Crippen molar-refractivity contribution in [1.82, 2.24) is 0 Å². The second-order valence-electron chi connectivity index (χ2n) is 5.33. The molecule has 0 saturated heterocycles. The molecule has 0 spiro atoms. The van der Waals surface area contributed by atoms with Crippen LogP contribution in [0.4, 0.5) is 0 Å². The first kappa shape index (κ1) is 14.0. The Kier molecular flexibility index (Phi) is 5.96. The standard InChI is InChI=1S/C16H24O/c1-13(2)6-4-7-15-8-5-9-16(12-15)14(3)10-11-17/h5,8-9,11-14H,4,6-7,10H2,1-3H3/t14-/m0/s1. The highest BCUT2D eigenvalue weighted by Crippen LogP contribution is 2.20. The zero-order chi connectivity index (χ0) is 12.7. The second-order valence-corrected chi connectivity index (χ2v) is 5.33. The summed E-state index contributed by atoms with van der Waals surface area (Å²) in [4.78, 5) is 10.5. The smallest absolute Gasteiger partial charge is 0.120 e. The molecule has 0 aliphatic carbocycles. The summed E-state index contributed by atoms with van der Waals surface area (Å²) in [5.74, 6) is 1.13. The molecule has 0 unspecified atom stereocenters. The van der Waals surface area contributed by atoms with Crippen LogP contribution in [0.1, 0.15) is 57.1 Å². The van der Waals surface area contributed by atoms with Crippen LogP contribution in [0.2, 0.25) is 0 Å². The average molecular weight is 232 g/mol. The van der Waals surface area contributed by atoms with Crippen LogP contribution in [0.5, 0.6) is 0 Å². The van der Waals surface area contributed by atoms with E-state index in [1.165, 1.54) is 24.0 Å². The molecule has 0 amide bonds. The lowest BCUT2D eigenvalue weighted by atomic mass is 9.95. The van der Waals surface area contributed by atoms with Crippen molar-refractivity contribution >= 4 is 6.29 Å². The van der Waals surface area contributed by atoms with Gasteiger partial charge in [0.1, 0.15) is 6.29 Å². The van der Waals surface area contributed by atoms with Gasteiger partial charge >= 0.3 is 0 Å². The molecule has 0 bridgehead atoms. The van der Waals surface area contributed by atoms with Crippen LogP contribution in [0.15, 0.2) is 24.3 Å². The molecule has 0 aliphatic heterocycles. The molecular formula is C16H24O.